The summed E-state index contributed by atoms with van der Waals surface area (Å²) in [5.74, 6) is 0. The second-order valence-corrected chi connectivity index (χ2v) is 4.14. The van der Waals surface area contributed by atoms with Gasteiger partial charge in [0.05, 0.1) is 26.6 Å². The van der Waals surface area contributed by atoms with Gasteiger partial charge in [0, 0.05) is 0 Å². The minimum Gasteiger partial charge on any atom is -0.313 e. The van der Waals surface area contributed by atoms with E-state index in [0.717, 1.165) is 0 Å². The summed E-state index contributed by atoms with van der Waals surface area (Å²) in [6.45, 7) is 0. The molecule has 0 aliphatic rings. The zero-order chi connectivity index (χ0) is 11.9. The number of rotatable bonds is 1. The summed E-state index contributed by atoms with van der Waals surface area (Å²) >= 11 is 8.83. The molecule has 8 heteroatoms. The Morgan fingerprint density at radius 3 is 2.88 bits per heavy atom. The number of fused-ring (bicyclic) bond motifs is 1. The molecular weight excluding hydrogens is 301 g/mol. The summed E-state index contributed by atoms with van der Waals surface area (Å²) in [6, 6.07) is 1.38. The zero-order valence-corrected chi connectivity index (χ0v) is 9.87. The number of hydrogen-bond acceptors (Lipinski definition) is 4. The highest BCUT2D eigenvalue weighted by Crippen LogP contribution is 2.36. The number of nitro benzene ring substituents is 1. The first-order valence-corrected chi connectivity index (χ1v) is 5.19. The smallest absolute Gasteiger partial charge is 0.302 e. The first kappa shape index (κ1) is 11.0. The third kappa shape index (κ3) is 1.57. The maximum Gasteiger partial charge on any atom is 0.302 e. The van der Waals surface area contributed by atoms with Crippen molar-refractivity contribution in [1.82, 2.24) is 9.97 Å². The van der Waals surface area contributed by atoms with Crippen LogP contribution in [0, 0.1) is 10.1 Å². The molecule has 0 saturated carbocycles. The second-order valence-electron chi connectivity index (χ2n) is 2.90. The van der Waals surface area contributed by atoms with E-state index in [-0.39, 0.29) is 20.6 Å². The highest BCUT2D eigenvalue weighted by Gasteiger charge is 2.22. The molecule has 0 unspecified atom stereocenters. The van der Waals surface area contributed by atoms with Crippen molar-refractivity contribution in [3.63, 3.8) is 0 Å². The summed E-state index contributed by atoms with van der Waals surface area (Å²) in [7, 11) is 0. The lowest BCUT2D eigenvalue weighted by molar-refractivity contribution is -0.385. The van der Waals surface area contributed by atoms with Crippen LogP contribution in [-0.2, 0) is 0 Å². The Morgan fingerprint density at radius 2 is 2.25 bits per heavy atom. The molecule has 0 bridgehead atoms. The van der Waals surface area contributed by atoms with Crippen molar-refractivity contribution >= 4 is 44.1 Å². The Morgan fingerprint density at radius 1 is 1.56 bits per heavy atom. The van der Waals surface area contributed by atoms with E-state index < -0.39 is 10.5 Å². The number of benzene rings is 1. The van der Waals surface area contributed by atoms with E-state index in [4.69, 9.17) is 11.6 Å². The van der Waals surface area contributed by atoms with Gasteiger partial charge in [0.15, 0.2) is 0 Å². The Labute approximate surface area is 102 Å². The number of aromatic nitrogens is 2. The van der Waals surface area contributed by atoms with Crippen molar-refractivity contribution in [2.75, 3.05) is 0 Å². The highest BCUT2D eigenvalue weighted by molar-refractivity contribution is 9.10. The first-order chi connectivity index (χ1) is 7.52. The third-order valence-electron chi connectivity index (χ3n) is 1.98. The first-order valence-electron chi connectivity index (χ1n) is 4.02. The fourth-order valence-corrected chi connectivity index (χ4v) is 2.34. The van der Waals surface area contributed by atoms with Crippen LogP contribution in [0.2, 0.25) is 5.02 Å². The van der Waals surface area contributed by atoms with Gasteiger partial charge in [-0.3, -0.25) is 14.9 Å². The number of nitrogens with zero attached hydrogens (tertiary/aromatic N) is 2. The fourth-order valence-electron chi connectivity index (χ4n) is 1.31. The predicted octanol–water partition coefficient (Wildman–Crippen LogP) is 2.25. The number of H-pyrrole nitrogens is 1. The summed E-state index contributed by atoms with van der Waals surface area (Å²) in [5, 5.41) is 10.6. The predicted molar refractivity (Wildman–Crippen MR) is 61.7 cm³/mol. The number of aromatic amines is 1. The van der Waals surface area contributed by atoms with Crippen LogP contribution < -0.4 is 5.56 Å². The monoisotopic (exact) mass is 303 g/mol. The molecule has 0 spiro atoms. The molecule has 0 saturated heterocycles. The lowest BCUT2D eigenvalue weighted by Gasteiger charge is -2.01. The average molecular weight is 304 g/mol. The molecule has 16 heavy (non-hydrogen) atoms. The van der Waals surface area contributed by atoms with Crippen LogP contribution in [0.1, 0.15) is 0 Å². The van der Waals surface area contributed by atoms with E-state index in [1.807, 2.05) is 0 Å². The van der Waals surface area contributed by atoms with Gasteiger partial charge < -0.3 is 4.98 Å². The van der Waals surface area contributed by atoms with Gasteiger partial charge in [-0.05, 0) is 22.0 Å². The van der Waals surface area contributed by atoms with E-state index in [0.29, 0.717) is 5.52 Å². The van der Waals surface area contributed by atoms with Gasteiger partial charge >= 0.3 is 5.69 Å². The van der Waals surface area contributed by atoms with Crippen LogP contribution >= 0.6 is 27.5 Å². The lowest BCUT2D eigenvalue weighted by Crippen LogP contribution is -2.08. The standard InChI is InChI=1S/C8H3BrClN3O3/c9-3-1-4-5(8(14)12-2-11-4)6(10)7(3)13(15)16/h1-2H,(H,11,12,14). The minimum absolute atomic E-state index is 0.0130. The van der Waals surface area contributed by atoms with Crippen LogP contribution in [0.15, 0.2) is 21.7 Å². The molecule has 2 rings (SSSR count). The van der Waals surface area contributed by atoms with E-state index in [2.05, 4.69) is 25.9 Å². The maximum absolute atomic E-state index is 11.5. The summed E-state index contributed by atoms with van der Waals surface area (Å²) < 4.78 is 0.188. The van der Waals surface area contributed by atoms with E-state index in [1.54, 1.807) is 0 Å². The molecule has 6 nitrogen and oxygen atoms in total. The maximum atomic E-state index is 11.5. The van der Waals surface area contributed by atoms with Gasteiger partial charge in [-0.1, -0.05) is 11.6 Å². The van der Waals surface area contributed by atoms with Crippen molar-refractivity contribution < 1.29 is 4.92 Å². The number of nitrogens with one attached hydrogen (secondary N) is 1. The van der Waals surface area contributed by atoms with Gasteiger partial charge in [0.25, 0.3) is 5.56 Å². The topological polar surface area (TPSA) is 88.9 Å². The normalized spacial score (nSPS) is 10.6. The largest absolute Gasteiger partial charge is 0.313 e. The lowest BCUT2D eigenvalue weighted by atomic mass is 10.2. The number of nitro groups is 1. The summed E-state index contributed by atoms with van der Waals surface area (Å²) in [4.78, 5) is 27.8. The molecule has 0 atom stereocenters. The quantitative estimate of drug-likeness (QED) is 0.646. The third-order valence-corrected chi connectivity index (χ3v) is 2.95. The molecular formula is C8H3BrClN3O3. The molecule has 0 aliphatic heterocycles. The van der Waals surface area contributed by atoms with Gasteiger partial charge in [-0.2, -0.15) is 0 Å². The van der Waals surface area contributed by atoms with Crippen LogP contribution in [-0.4, -0.2) is 14.9 Å². The number of halogens is 2. The van der Waals surface area contributed by atoms with E-state index in [1.165, 1.54) is 12.4 Å². The average Bonchev–Trinajstić information content (AvgIpc) is 2.15. The molecule has 0 radical (unpaired) electrons. The van der Waals surface area contributed by atoms with Gasteiger partial charge in [-0.25, -0.2) is 4.98 Å². The van der Waals surface area contributed by atoms with Crippen LogP contribution in [0.4, 0.5) is 5.69 Å². The molecule has 2 aromatic rings. The molecule has 0 fully saturated rings. The van der Waals surface area contributed by atoms with Crippen molar-refractivity contribution in [2.24, 2.45) is 0 Å². The number of hydrogen-bond donors (Lipinski definition) is 1. The van der Waals surface area contributed by atoms with Crippen LogP contribution in [0.3, 0.4) is 0 Å². The summed E-state index contributed by atoms with van der Waals surface area (Å²) in [6.07, 6.45) is 1.21. The minimum atomic E-state index is -0.654. The SMILES string of the molecule is O=c1[nH]cnc2cc(Br)c([N+](=O)[O-])c(Cl)c12. The van der Waals surface area contributed by atoms with Crippen molar-refractivity contribution in [1.29, 1.82) is 0 Å². The van der Waals surface area contributed by atoms with Gasteiger partial charge in [-0.15, -0.1) is 0 Å². The highest BCUT2D eigenvalue weighted by atomic mass is 79.9. The molecule has 1 aromatic heterocycles. The second kappa shape index (κ2) is 3.84. The molecule has 0 aliphatic carbocycles. The fraction of sp³-hybridized carbons (Fsp3) is 0. The van der Waals surface area contributed by atoms with Crippen molar-refractivity contribution in [2.45, 2.75) is 0 Å². The Kier molecular flexibility index (Phi) is 2.64. The van der Waals surface area contributed by atoms with Gasteiger partial charge in [0.2, 0.25) is 0 Å². The van der Waals surface area contributed by atoms with Gasteiger partial charge in [0.1, 0.15) is 5.02 Å². The molecule has 82 valence electrons. The molecule has 1 heterocycles. The Balaban J connectivity index is 3.03. The molecule has 0 amide bonds. The van der Waals surface area contributed by atoms with Crippen LogP contribution in [0.5, 0.6) is 0 Å². The van der Waals surface area contributed by atoms with Crippen LogP contribution in [0.25, 0.3) is 10.9 Å². The molecule has 1 N–H and O–H groups in total. The van der Waals surface area contributed by atoms with Crippen molar-refractivity contribution in [3.05, 3.63) is 42.4 Å². The van der Waals surface area contributed by atoms with E-state index >= 15 is 0 Å². The van der Waals surface area contributed by atoms with Crippen molar-refractivity contribution in [3.8, 4) is 0 Å². The Bertz CT molecular complexity index is 655. The van der Waals surface area contributed by atoms with E-state index in [9.17, 15) is 14.9 Å². The molecule has 1 aromatic carbocycles. The summed E-state index contributed by atoms with van der Waals surface area (Å²) in [5.41, 5.74) is -0.551. The zero-order valence-electron chi connectivity index (χ0n) is 7.53. The Hall–Kier alpha value is -1.47.